The van der Waals surface area contributed by atoms with Crippen LogP contribution in [0.25, 0.3) is 0 Å². The highest BCUT2D eigenvalue weighted by Crippen LogP contribution is 2.27. The molecule has 0 saturated heterocycles. The largest absolute Gasteiger partial charge is 0.308 e. The van der Waals surface area contributed by atoms with E-state index in [1.807, 2.05) is 0 Å². The zero-order valence-electron chi connectivity index (χ0n) is 14.2. The predicted octanol–water partition coefficient (Wildman–Crippen LogP) is 5.13. The molecule has 0 spiro atoms. The molecule has 3 rings (SSSR count). The fraction of sp³-hybridized carbons (Fsp3) is 0.235. The topological polar surface area (TPSA) is 64.7 Å². The van der Waals surface area contributed by atoms with Gasteiger partial charge in [0.05, 0.1) is 29.7 Å². The Labute approximate surface area is 179 Å². The minimum Gasteiger partial charge on any atom is -0.308 e. The molecule has 0 bridgehead atoms. The van der Waals surface area contributed by atoms with Crippen molar-refractivity contribution in [2.24, 2.45) is 5.92 Å². The molecule has 0 aliphatic heterocycles. The van der Waals surface area contributed by atoms with Gasteiger partial charge in [-0.25, -0.2) is 0 Å². The Morgan fingerprint density at radius 1 is 1.19 bits per heavy atom. The molecule has 0 fully saturated rings. The standard InChI is InChI=1S/C17H15BrCl3N5O/c1-10(6-25-7-11(18)5-22-25)17(27)23-16-15(21)9-26(24-16)8-12-13(19)3-2-4-14(12)20/h2-5,7,9-10H,6,8H2,1H3,(H,23,24,27). The molecule has 1 amide bonds. The summed E-state index contributed by atoms with van der Waals surface area (Å²) < 4.78 is 4.13. The van der Waals surface area contributed by atoms with Crippen LogP contribution in [0.5, 0.6) is 0 Å². The van der Waals surface area contributed by atoms with Crippen LogP contribution < -0.4 is 5.32 Å². The van der Waals surface area contributed by atoms with Gasteiger partial charge in [-0.2, -0.15) is 10.2 Å². The Balaban J connectivity index is 1.68. The van der Waals surface area contributed by atoms with Crippen LogP contribution >= 0.6 is 50.7 Å². The summed E-state index contributed by atoms with van der Waals surface area (Å²) in [6.07, 6.45) is 5.09. The van der Waals surface area contributed by atoms with Gasteiger partial charge in [0.25, 0.3) is 0 Å². The van der Waals surface area contributed by atoms with E-state index in [2.05, 4.69) is 31.4 Å². The maximum atomic E-state index is 12.4. The zero-order valence-corrected chi connectivity index (χ0v) is 18.0. The molecular weight excluding hydrogens is 476 g/mol. The summed E-state index contributed by atoms with van der Waals surface area (Å²) in [7, 11) is 0. The Hall–Kier alpha value is -1.54. The van der Waals surface area contributed by atoms with Gasteiger partial charge in [-0.1, -0.05) is 47.8 Å². The number of aromatic nitrogens is 4. The summed E-state index contributed by atoms with van der Waals surface area (Å²) >= 11 is 21.9. The minimum atomic E-state index is -0.323. The molecule has 1 atom stereocenters. The van der Waals surface area contributed by atoms with Crippen molar-refractivity contribution in [3.63, 3.8) is 0 Å². The number of carbonyl (C=O) groups is 1. The number of hydrogen-bond acceptors (Lipinski definition) is 3. The van der Waals surface area contributed by atoms with E-state index in [-0.39, 0.29) is 11.8 Å². The molecule has 0 aliphatic rings. The molecule has 0 aliphatic carbocycles. The van der Waals surface area contributed by atoms with Crippen molar-refractivity contribution in [1.29, 1.82) is 0 Å². The third-order valence-electron chi connectivity index (χ3n) is 3.85. The molecule has 27 heavy (non-hydrogen) atoms. The summed E-state index contributed by atoms with van der Waals surface area (Å²) in [6, 6.07) is 5.28. The van der Waals surface area contributed by atoms with Gasteiger partial charge in [0.2, 0.25) is 5.91 Å². The van der Waals surface area contributed by atoms with Crippen molar-refractivity contribution in [3.05, 3.63) is 61.9 Å². The van der Waals surface area contributed by atoms with E-state index < -0.39 is 0 Å². The molecule has 3 aromatic rings. The van der Waals surface area contributed by atoms with Crippen molar-refractivity contribution in [2.45, 2.75) is 20.0 Å². The third kappa shape index (κ3) is 5.04. The van der Waals surface area contributed by atoms with E-state index in [4.69, 9.17) is 34.8 Å². The molecule has 2 heterocycles. The van der Waals surface area contributed by atoms with Gasteiger partial charge in [0, 0.05) is 28.0 Å². The Bertz CT molecular complexity index is 951. The lowest BCUT2D eigenvalue weighted by Gasteiger charge is -2.11. The SMILES string of the molecule is CC(Cn1cc(Br)cn1)C(=O)Nc1nn(Cc2c(Cl)cccc2Cl)cc1Cl. The summed E-state index contributed by atoms with van der Waals surface area (Å²) in [6.45, 7) is 2.58. The quantitative estimate of drug-likeness (QED) is 0.520. The van der Waals surface area contributed by atoms with E-state index >= 15 is 0 Å². The summed E-state index contributed by atoms with van der Waals surface area (Å²) in [4.78, 5) is 12.4. The molecule has 0 saturated carbocycles. The zero-order chi connectivity index (χ0) is 19.6. The highest BCUT2D eigenvalue weighted by Gasteiger charge is 2.18. The average molecular weight is 492 g/mol. The summed E-state index contributed by atoms with van der Waals surface area (Å²) in [5, 5.41) is 12.6. The number of rotatable bonds is 6. The maximum Gasteiger partial charge on any atom is 0.230 e. The van der Waals surface area contributed by atoms with Crippen molar-refractivity contribution in [1.82, 2.24) is 19.6 Å². The Kier molecular flexibility index (Phi) is 6.47. The van der Waals surface area contributed by atoms with Crippen LogP contribution in [0, 0.1) is 5.92 Å². The lowest BCUT2D eigenvalue weighted by molar-refractivity contribution is -0.119. The Morgan fingerprint density at radius 3 is 2.52 bits per heavy atom. The Morgan fingerprint density at radius 2 is 1.89 bits per heavy atom. The second-order valence-corrected chi connectivity index (χ2v) is 8.13. The second-order valence-electron chi connectivity index (χ2n) is 5.99. The van der Waals surface area contributed by atoms with Crippen LogP contribution in [0.3, 0.4) is 0 Å². The van der Waals surface area contributed by atoms with Gasteiger partial charge in [-0.15, -0.1) is 0 Å². The maximum absolute atomic E-state index is 12.4. The number of nitrogens with one attached hydrogen (secondary N) is 1. The third-order valence-corrected chi connectivity index (χ3v) is 5.24. The molecule has 10 heteroatoms. The molecule has 6 nitrogen and oxygen atoms in total. The smallest absolute Gasteiger partial charge is 0.230 e. The molecular formula is C17H15BrCl3N5O. The van der Waals surface area contributed by atoms with Crippen molar-refractivity contribution < 1.29 is 4.79 Å². The fourth-order valence-electron chi connectivity index (χ4n) is 2.45. The number of halogens is 4. The fourth-order valence-corrected chi connectivity index (χ4v) is 3.49. The predicted molar refractivity (Wildman–Crippen MR) is 111 cm³/mol. The first-order valence-corrected chi connectivity index (χ1v) is 9.91. The number of amides is 1. The average Bonchev–Trinajstić information content (AvgIpc) is 3.16. The number of anilines is 1. The summed E-state index contributed by atoms with van der Waals surface area (Å²) in [5.74, 6) is -0.237. The van der Waals surface area contributed by atoms with Gasteiger partial charge < -0.3 is 5.32 Å². The first kappa shape index (κ1) is 20.2. The normalized spacial score (nSPS) is 12.2. The molecule has 1 aromatic carbocycles. The molecule has 0 radical (unpaired) electrons. The van der Waals surface area contributed by atoms with Crippen LogP contribution in [0.15, 0.2) is 41.3 Å². The van der Waals surface area contributed by atoms with E-state index in [0.717, 1.165) is 10.0 Å². The van der Waals surface area contributed by atoms with Crippen LogP contribution in [0.1, 0.15) is 12.5 Å². The summed E-state index contributed by atoms with van der Waals surface area (Å²) in [5.41, 5.74) is 0.732. The van der Waals surface area contributed by atoms with Crippen molar-refractivity contribution in [2.75, 3.05) is 5.32 Å². The van der Waals surface area contributed by atoms with Crippen LogP contribution in [-0.4, -0.2) is 25.5 Å². The first-order chi connectivity index (χ1) is 12.8. The van der Waals surface area contributed by atoms with Crippen LogP contribution in [-0.2, 0) is 17.9 Å². The lowest BCUT2D eigenvalue weighted by atomic mass is 10.1. The second kappa shape index (κ2) is 8.65. The van der Waals surface area contributed by atoms with E-state index in [1.54, 1.807) is 53.1 Å². The van der Waals surface area contributed by atoms with Gasteiger partial charge in [-0.3, -0.25) is 14.2 Å². The van der Waals surface area contributed by atoms with Gasteiger partial charge >= 0.3 is 0 Å². The number of hydrogen-bond donors (Lipinski definition) is 1. The van der Waals surface area contributed by atoms with Crippen LogP contribution in [0.2, 0.25) is 15.1 Å². The van der Waals surface area contributed by atoms with E-state index in [0.29, 0.717) is 34.0 Å². The molecule has 1 N–H and O–H groups in total. The molecule has 1 unspecified atom stereocenters. The first-order valence-electron chi connectivity index (χ1n) is 7.98. The lowest BCUT2D eigenvalue weighted by Crippen LogP contribution is -2.25. The number of benzene rings is 1. The van der Waals surface area contributed by atoms with Crippen molar-refractivity contribution in [3.8, 4) is 0 Å². The van der Waals surface area contributed by atoms with Gasteiger partial charge in [-0.05, 0) is 28.1 Å². The van der Waals surface area contributed by atoms with Crippen LogP contribution in [0.4, 0.5) is 5.82 Å². The molecule has 142 valence electrons. The number of carbonyl (C=O) groups excluding carboxylic acids is 1. The highest BCUT2D eigenvalue weighted by atomic mass is 79.9. The minimum absolute atomic E-state index is 0.204. The van der Waals surface area contributed by atoms with Gasteiger partial charge in [0.15, 0.2) is 5.82 Å². The van der Waals surface area contributed by atoms with E-state index in [1.165, 1.54) is 0 Å². The number of nitrogens with zero attached hydrogens (tertiary/aromatic N) is 4. The highest BCUT2D eigenvalue weighted by molar-refractivity contribution is 9.10. The monoisotopic (exact) mass is 489 g/mol. The van der Waals surface area contributed by atoms with Gasteiger partial charge in [0.1, 0.15) is 5.02 Å². The van der Waals surface area contributed by atoms with E-state index in [9.17, 15) is 4.79 Å². The molecule has 2 aromatic heterocycles. The van der Waals surface area contributed by atoms with Crippen molar-refractivity contribution >= 4 is 62.5 Å².